The summed E-state index contributed by atoms with van der Waals surface area (Å²) in [5, 5.41) is 0.323. The van der Waals surface area contributed by atoms with Crippen molar-refractivity contribution in [2.45, 2.75) is 71.0 Å². The molecule has 0 bridgehead atoms. The zero-order chi connectivity index (χ0) is 20.9. The summed E-state index contributed by atoms with van der Waals surface area (Å²) in [7, 11) is 1.46. The van der Waals surface area contributed by atoms with Crippen molar-refractivity contribution in [1.82, 2.24) is 0 Å². The molecular weight excluding hydrogens is 382 g/mol. The molecule has 1 fully saturated rings. The molecule has 1 aromatic rings. The van der Waals surface area contributed by atoms with Crippen LogP contribution in [0.2, 0.25) is 5.02 Å². The van der Waals surface area contributed by atoms with E-state index in [1.54, 1.807) is 6.07 Å². The molecule has 2 rings (SSSR count). The van der Waals surface area contributed by atoms with Crippen molar-refractivity contribution in [3.8, 4) is 11.5 Å². The molecule has 0 radical (unpaired) electrons. The number of carbonyl (C=O) groups excluding carboxylic acids is 2. The standard InChI is InChI=1S/C21H30ClNO5/c1-21(2,3)28-19(24)10-13-6-5-7-14(9-8-13)27-18-12-17(26-4)15(20(23)25)11-16(18)22/h11-14H,5-10H2,1-4H3,(H2,23,25). The number of rotatable bonds is 6. The lowest BCUT2D eigenvalue weighted by Crippen LogP contribution is -2.25. The quantitative estimate of drug-likeness (QED) is 0.549. The van der Waals surface area contributed by atoms with Gasteiger partial charge in [-0.15, -0.1) is 0 Å². The highest BCUT2D eigenvalue weighted by atomic mass is 35.5. The summed E-state index contributed by atoms with van der Waals surface area (Å²) in [4.78, 5) is 23.6. The van der Waals surface area contributed by atoms with Gasteiger partial charge in [0, 0.05) is 12.5 Å². The van der Waals surface area contributed by atoms with Gasteiger partial charge in [0.05, 0.1) is 23.8 Å². The molecule has 1 aliphatic rings. The molecule has 28 heavy (non-hydrogen) atoms. The van der Waals surface area contributed by atoms with Crippen LogP contribution in [0.5, 0.6) is 11.5 Å². The number of esters is 1. The summed E-state index contributed by atoms with van der Waals surface area (Å²) in [6.45, 7) is 5.64. The van der Waals surface area contributed by atoms with E-state index in [0.717, 1.165) is 32.1 Å². The number of hydrogen-bond acceptors (Lipinski definition) is 5. The van der Waals surface area contributed by atoms with Gasteiger partial charge in [-0.2, -0.15) is 0 Å². The minimum atomic E-state index is -0.607. The van der Waals surface area contributed by atoms with E-state index in [2.05, 4.69) is 0 Å². The first-order valence-corrected chi connectivity index (χ1v) is 10.0. The van der Waals surface area contributed by atoms with Gasteiger partial charge in [-0.1, -0.05) is 11.6 Å². The minimum absolute atomic E-state index is 0.00901. The van der Waals surface area contributed by atoms with Gasteiger partial charge in [-0.25, -0.2) is 0 Å². The number of carbonyl (C=O) groups is 2. The largest absolute Gasteiger partial charge is 0.496 e. The molecule has 2 N–H and O–H groups in total. The Labute approximate surface area is 171 Å². The average molecular weight is 412 g/mol. The van der Waals surface area contributed by atoms with Crippen LogP contribution in [0.4, 0.5) is 0 Å². The molecule has 0 heterocycles. The van der Waals surface area contributed by atoms with Gasteiger partial charge in [0.15, 0.2) is 0 Å². The van der Waals surface area contributed by atoms with E-state index in [9.17, 15) is 9.59 Å². The molecule has 1 aliphatic carbocycles. The lowest BCUT2D eigenvalue weighted by molar-refractivity contribution is -0.156. The Balaban J connectivity index is 1.98. The minimum Gasteiger partial charge on any atom is -0.496 e. The van der Waals surface area contributed by atoms with Crippen LogP contribution >= 0.6 is 11.6 Å². The zero-order valence-electron chi connectivity index (χ0n) is 17.0. The molecule has 6 nitrogen and oxygen atoms in total. The SMILES string of the molecule is COc1cc(OC2CCCC(CC(=O)OC(C)(C)C)CC2)c(Cl)cc1C(N)=O. The van der Waals surface area contributed by atoms with E-state index in [4.69, 9.17) is 31.5 Å². The predicted octanol–water partition coefficient (Wildman–Crippen LogP) is 4.51. The topological polar surface area (TPSA) is 87.8 Å². The fourth-order valence-corrected chi connectivity index (χ4v) is 3.66. The van der Waals surface area contributed by atoms with Gasteiger partial charge in [-0.05, 0) is 64.9 Å². The monoisotopic (exact) mass is 411 g/mol. The van der Waals surface area contributed by atoms with E-state index in [-0.39, 0.29) is 17.6 Å². The molecule has 0 aliphatic heterocycles. The molecule has 0 spiro atoms. The summed E-state index contributed by atoms with van der Waals surface area (Å²) >= 11 is 6.27. The van der Waals surface area contributed by atoms with Crippen molar-refractivity contribution in [2.75, 3.05) is 7.11 Å². The molecular formula is C21H30ClNO5. The first-order chi connectivity index (χ1) is 13.1. The van der Waals surface area contributed by atoms with Gasteiger partial charge in [0.1, 0.15) is 17.1 Å². The van der Waals surface area contributed by atoms with Crippen molar-refractivity contribution in [3.05, 3.63) is 22.7 Å². The molecule has 2 unspecified atom stereocenters. The van der Waals surface area contributed by atoms with E-state index < -0.39 is 11.5 Å². The van der Waals surface area contributed by atoms with Gasteiger partial charge in [0.25, 0.3) is 5.91 Å². The van der Waals surface area contributed by atoms with E-state index >= 15 is 0 Å². The molecule has 0 saturated heterocycles. The molecule has 2 atom stereocenters. The third kappa shape index (κ3) is 6.59. The molecule has 1 amide bonds. The van der Waals surface area contributed by atoms with Crippen molar-refractivity contribution >= 4 is 23.5 Å². The van der Waals surface area contributed by atoms with E-state index in [1.165, 1.54) is 13.2 Å². The second kappa shape index (κ2) is 9.50. The Kier molecular flexibility index (Phi) is 7.58. The highest BCUT2D eigenvalue weighted by Crippen LogP contribution is 2.35. The first-order valence-electron chi connectivity index (χ1n) is 9.65. The van der Waals surface area contributed by atoms with Crippen LogP contribution in [0.3, 0.4) is 0 Å². The third-order valence-electron chi connectivity index (χ3n) is 4.72. The molecule has 7 heteroatoms. The second-order valence-corrected chi connectivity index (χ2v) is 8.66. The Hall–Kier alpha value is -1.95. The van der Waals surface area contributed by atoms with Gasteiger partial charge < -0.3 is 19.9 Å². The number of ether oxygens (including phenoxy) is 3. The average Bonchev–Trinajstić information content (AvgIpc) is 2.79. The fraction of sp³-hybridized carbons (Fsp3) is 0.619. The smallest absolute Gasteiger partial charge is 0.306 e. The van der Waals surface area contributed by atoms with Gasteiger partial charge in [0.2, 0.25) is 0 Å². The fourth-order valence-electron chi connectivity index (χ4n) is 3.45. The van der Waals surface area contributed by atoms with Crippen LogP contribution in [0, 0.1) is 5.92 Å². The number of amides is 1. The number of methoxy groups -OCH3 is 1. The second-order valence-electron chi connectivity index (χ2n) is 8.25. The highest BCUT2D eigenvalue weighted by molar-refractivity contribution is 6.32. The first kappa shape index (κ1) is 22.3. The maximum absolute atomic E-state index is 12.1. The van der Waals surface area contributed by atoms with Crippen molar-refractivity contribution in [2.24, 2.45) is 11.7 Å². The molecule has 156 valence electrons. The number of halogens is 1. The van der Waals surface area contributed by atoms with Crippen LogP contribution in [-0.2, 0) is 9.53 Å². The summed E-state index contributed by atoms with van der Waals surface area (Å²) in [6, 6.07) is 3.07. The summed E-state index contributed by atoms with van der Waals surface area (Å²) in [5.41, 5.74) is 5.11. The molecule has 0 aromatic heterocycles. The summed E-state index contributed by atoms with van der Waals surface area (Å²) < 4.78 is 16.8. The summed E-state index contributed by atoms with van der Waals surface area (Å²) in [5.74, 6) is 0.351. The van der Waals surface area contributed by atoms with Crippen LogP contribution in [0.1, 0.15) is 69.7 Å². The zero-order valence-corrected chi connectivity index (χ0v) is 17.8. The Morgan fingerprint density at radius 2 is 1.86 bits per heavy atom. The van der Waals surface area contributed by atoms with E-state index in [0.29, 0.717) is 28.9 Å². The van der Waals surface area contributed by atoms with Crippen LogP contribution in [0.25, 0.3) is 0 Å². The maximum Gasteiger partial charge on any atom is 0.306 e. The summed E-state index contributed by atoms with van der Waals surface area (Å²) in [6.07, 6.45) is 4.95. The lowest BCUT2D eigenvalue weighted by Gasteiger charge is -2.22. The number of hydrogen-bond donors (Lipinski definition) is 1. The Bertz CT molecular complexity index is 713. The van der Waals surface area contributed by atoms with Crippen LogP contribution in [0.15, 0.2) is 12.1 Å². The van der Waals surface area contributed by atoms with E-state index in [1.807, 2.05) is 20.8 Å². The molecule has 1 aromatic carbocycles. The molecule has 1 saturated carbocycles. The van der Waals surface area contributed by atoms with Crippen LogP contribution in [-0.4, -0.2) is 30.7 Å². The Morgan fingerprint density at radius 1 is 1.14 bits per heavy atom. The van der Waals surface area contributed by atoms with Crippen molar-refractivity contribution in [1.29, 1.82) is 0 Å². The number of primary amides is 1. The third-order valence-corrected chi connectivity index (χ3v) is 5.02. The number of nitrogens with two attached hydrogens (primary N) is 1. The van der Waals surface area contributed by atoms with Crippen LogP contribution < -0.4 is 15.2 Å². The van der Waals surface area contributed by atoms with Crippen molar-refractivity contribution in [3.63, 3.8) is 0 Å². The normalized spacial score (nSPS) is 20.2. The lowest BCUT2D eigenvalue weighted by atomic mass is 9.96. The number of benzene rings is 1. The highest BCUT2D eigenvalue weighted by Gasteiger charge is 2.25. The predicted molar refractivity (Wildman–Crippen MR) is 108 cm³/mol. The van der Waals surface area contributed by atoms with Gasteiger partial charge >= 0.3 is 5.97 Å². The maximum atomic E-state index is 12.1. The van der Waals surface area contributed by atoms with Crippen molar-refractivity contribution < 1.29 is 23.8 Å². The Morgan fingerprint density at radius 3 is 2.46 bits per heavy atom. The van der Waals surface area contributed by atoms with Gasteiger partial charge in [-0.3, -0.25) is 9.59 Å².